The summed E-state index contributed by atoms with van der Waals surface area (Å²) in [5, 5.41) is 9.53. The van der Waals surface area contributed by atoms with Crippen molar-refractivity contribution in [2.45, 2.75) is 31.0 Å². The monoisotopic (exact) mass is 510 g/mol. The van der Waals surface area contributed by atoms with Gasteiger partial charge in [-0.05, 0) is 29.3 Å². The van der Waals surface area contributed by atoms with Crippen LogP contribution in [0.1, 0.15) is 16.8 Å². The summed E-state index contributed by atoms with van der Waals surface area (Å²) in [6, 6.07) is 11.0. The first-order valence-electron chi connectivity index (χ1n) is 11.2. The van der Waals surface area contributed by atoms with Gasteiger partial charge in [-0.25, -0.2) is 0 Å². The number of piperazine rings is 1. The number of pyridine rings is 2. The Hall–Kier alpha value is -3.02. The van der Waals surface area contributed by atoms with Crippen LogP contribution >= 0.6 is 0 Å². The molecule has 0 radical (unpaired) electrons. The second-order valence-electron chi connectivity index (χ2n) is 8.73. The quantitative estimate of drug-likeness (QED) is 0.484. The number of alkyl halides is 6. The minimum absolute atomic E-state index is 0.384. The number of hydrogen-bond donors (Lipinski definition) is 1. The maximum Gasteiger partial charge on any atom is 0.430 e. The maximum absolute atomic E-state index is 13.1. The number of halogens is 6. The Morgan fingerprint density at radius 3 is 1.72 bits per heavy atom. The highest BCUT2D eigenvalue weighted by Crippen LogP contribution is 2.50. The van der Waals surface area contributed by atoms with Gasteiger partial charge in [-0.1, -0.05) is 30.3 Å². The largest absolute Gasteiger partial charge is 0.430 e. The molecule has 1 N–H and O–H groups in total. The molecule has 3 heterocycles. The minimum Gasteiger partial charge on any atom is -0.369 e. The molecule has 0 unspecified atom stereocenters. The lowest BCUT2D eigenvalue weighted by molar-refractivity contribution is -0.376. The van der Waals surface area contributed by atoms with Crippen LogP contribution < -0.4 is 0 Å². The summed E-state index contributed by atoms with van der Waals surface area (Å²) in [7, 11) is 0. The van der Waals surface area contributed by atoms with Gasteiger partial charge in [0.05, 0.1) is 5.69 Å². The fourth-order valence-corrected chi connectivity index (χ4v) is 4.16. The highest BCUT2D eigenvalue weighted by molar-refractivity contribution is 5.63. The zero-order valence-electron chi connectivity index (χ0n) is 19.1. The average molecular weight is 510 g/mol. The molecule has 0 saturated carbocycles. The molecule has 36 heavy (non-hydrogen) atoms. The van der Waals surface area contributed by atoms with E-state index in [-0.39, 0.29) is 0 Å². The van der Waals surface area contributed by atoms with Crippen molar-refractivity contribution in [3.05, 3.63) is 83.9 Å². The van der Waals surface area contributed by atoms with Crippen LogP contribution in [0.15, 0.2) is 67.1 Å². The summed E-state index contributed by atoms with van der Waals surface area (Å²) in [6.45, 7) is 5.07. The third-order valence-corrected chi connectivity index (χ3v) is 6.29. The molecule has 1 saturated heterocycles. The second-order valence-corrected chi connectivity index (χ2v) is 8.73. The number of aliphatic hydroxyl groups is 1. The molecule has 0 atom stereocenters. The third-order valence-electron chi connectivity index (χ3n) is 6.29. The number of nitrogens with zero attached hydrogens (tertiary/aromatic N) is 4. The van der Waals surface area contributed by atoms with Crippen LogP contribution in [-0.4, -0.2) is 63.4 Å². The first-order chi connectivity index (χ1) is 17.0. The van der Waals surface area contributed by atoms with Gasteiger partial charge < -0.3 is 5.11 Å². The van der Waals surface area contributed by atoms with E-state index < -0.39 is 23.5 Å². The van der Waals surface area contributed by atoms with Gasteiger partial charge in [0.1, 0.15) is 0 Å². The molecule has 3 aromatic rings. The molecule has 2 aromatic heterocycles. The smallest absolute Gasteiger partial charge is 0.369 e. The van der Waals surface area contributed by atoms with Gasteiger partial charge in [-0.2, -0.15) is 26.3 Å². The van der Waals surface area contributed by atoms with E-state index in [2.05, 4.69) is 19.8 Å². The normalized spacial score (nSPS) is 16.3. The van der Waals surface area contributed by atoms with Crippen LogP contribution in [0.25, 0.3) is 11.1 Å². The summed E-state index contributed by atoms with van der Waals surface area (Å²) in [4.78, 5) is 13.1. The molecule has 4 rings (SSSR count). The Morgan fingerprint density at radius 1 is 0.694 bits per heavy atom. The van der Waals surface area contributed by atoms with E-state index in [1.165, 1.54) is 11.8 Å². The third kappa shape index (κ3) is 5.53. The molecule has 1 aliphatic rings. The van der Waals surface area contributed by atoms with Crippen LogP contribution in [0, 0.1) is 0 Å². The van der Waals surface area contributed by atoms with Gasteiger partial charge in [0.25, 0.3) is 5.60 Å². The molecule has 192 valence electrons. The lowest BCUT2D eigenvalue weighted by atomic mass is 9.91. The molecule has 0 spiro atoms. The Morgan fingerprint density at radius 2 is 1.22 bits per heavy atom. The van der Waals surface area contributed by atoms with Crippen molar-refractivity contribution >= 4 is 0 Å². The molecular weight excluding hydrogens is 486 g/mol. The lowest BCUT2D eigenvalue weighted by Crippen LogP contribution is -2.53. The van der Waals surface area contributed by atoms with Crippen molar-refractivity contribution in [3.8, 4) is 11.1 Å². The summed E-state index contributed by atoms with van der Waals surface area (Å²) < 4.78 is 78.5. The maximum atomic E-state index is 13.1. The minimum atomic E-state index is -5.92. The standard InChI is InChI=1S/C25H24F6N4O/c26-24(27,28)23(36,25(29,30)31)21-4-1-19(2-5-21)20-3-6-22(33-15-20)17-35-13-11-34(12-14-35)16-18-7-9-32-10-8-18/h1-10,15,36H,11-14,16-17H2. The van der Waals surface area contributed by atoms with Crippen molar-refractivity contribution in [1.29, 1.82) is 0 Å². The van der Waals surface area contributed by atoms with Crippen molar-refractivity contribution < 1.29 is 31.4 Å². The fraction of sp³-hybridized carbons (Fsp3) is 0.360. The van der Waals surface area contributed by atoms with Crippen molar-refractivity contribution in [2.24, 2.45) is 0 Å². The van der Waals surface area contributed by atoms with Crippen LogP contribution in [0.4, 0.5) is 26.3 Å². The predicted octanol–water partition coefficient (Wildman–Crippen LogP) is 4.77. The molecule has 0 amide bonds. The Bertz CT molecular complexity index is 1110. The summed E-state index contributed by atoms with van der Waals surface area (Å²) in [6.07, 6.45) is -6.75. The molecule has 1 aromatic carbocycles. The lowest BCUT2D eigenvalue weighted by Gasteiger charge is -2.34. The molecule has 0 bridgehead atoms. The average Bonchev–Trinajstić information content (AvgIpc) is 2.85. The van der Waals surface area contributed by atoms with Crippen LogP contribution in [-0.2, 0) is 18.7 Å². The van der Waals surface area contributed by atoms with Gasteiger partial charge in [0.15, 0.2) is 0 Å². The van der Waals surface area contributed by atoms with E-state index in [0.29, 0.717) is 29.8 Å². The number of hydrogen-bond acceptors (Lipinski definition) is 5. The van der Waals surface area contributed by atoms with Gasteiger partial charge in [0.2, 0.25) is 0 Å². The predicted molar refractivity (Wildman–Crippen MR) is 120 cm³/mol. The van der Waals surface area contributed by atoms with E-state index >= 15 is 0 Å². The van der Waals surface area contributed by atoms with Gasteiger partial charge in [0, 0.05) is 69.0 Å². The number of aromatic nitrogens is 2. The van der Waals surface area contributed by atoms with Crippen LogP contribution in [0.3, 0.4) is 0 Å². The summed E-state index contributed by atoms with van der Waals surface area (Å²) in [5.41, 5.74) is -3.29. The van der Waals surface area contributed by atoms with Crippen molar-refractivity contribution in [2.75, 3.05) is 26.2 Å². The Balaban J connectivity index is 1.36. The van der Waals surface area contributed by atoms with Crippen LogP contribution in [0.5, 0.6) is 0 Å². The summed E-state index contributed by atoms with van der Waals surface area (Å²) in [5.74, 6) is 0. The highest BCUT2D eigenvalue weighted by Gasteiger charge is 2.71. The first-order valence-corrected chi connectivity index (χ1v) is 11.2. The molecule has 11 heteroatoms. The fourth-order valence-electron chi connectivity index (χ4n) is 4.16. The van der Waals surface area contributed by atoms with Gasteiger partial charge in [-0.3, -0.25) is 19.8 Å². The molecular formula is C25H24F6N4O. The topological polar surface area (TPSA) is 52.5 Å². The second kappa shape index (κ2) is 10.2. The van der Waals surface area contributed by atoms with E-state index in [9.17, 15) is 31.4 Å². The van der Waals surface area contributed by atoms with E-state index in [1.807, 2.05) is 12.1 Å². The first kappa shape index (κ1) is 26.1. The van der Waals surface area contributed by atoms with E-state index in [1.54, 1.807) is 24.5 Å². The molecule has 5 nitrogen and oxygen atoms in total. The van der Waals surface area contributed by atoms with E-state index in [0.717, 1.165) is 50.6 Å². The zero-order valence-corrected chi connectivity index (χ0v) is 19.1. The van der Waals surface area contributed by atoms with Crippen molar-refractivity contribution in [3.63, 3.8) is 0 Å². The Labute approximate surface area is 204 Å². The summed E-state index contributed by atoms with van der Waals surface area (Å²) >= 11 is 0. The van der Waals surface area contributed by atoms with Crippen LogP contribution in [0.2, 0.25) is 0 Å². The van der Waals surface area contributed by atoms with Gasteiger partial charge in [-0.15, -0.1) is 0 Å². The SMILES string of the molecule is OC(c1ccc(-c2ccc(CN3CCN(Cc4ccncc4)CC3)nc2)cc1)(C(F)(F)F)C(F)(F)F. The van der Waals surface area contributed by atoms with Gasteiger partial charge >= 0.3 is 12.4 Å². The molecule has 1 fully saturated rings. The zero-order chi connectivity index (χ0) is 26.0. The number of rotatable bonds is 6. The van der Waals surface area contributed by atoms with Crippen molar-refractivity contribution in [1.82, 2.24) is 19.8 Å². The molecule has 0 aliphatic carbocycles. The Kier molecular flexibility index (Phi) is 7.35. The number of benzene rings is 1. The molecule has 1 aliphatic heterocycles. The van der Waals surface area contributed by atoms with E-state index in [4.69, 9.17) is 0 Å². The highest BCUT2D eigenvalue weighted by atomic mass is 19.4.